The zero-order valence-corrected chi connectivity index (χ0v) is 12.7. The summed E-state index contributed by atoms with van der Waals surface area (Å²) >= 11 is 5.34. The molecule has 0 heterocycles. The average molecular weight is 286 g/mol. The second-order valence-corrected chi connectivity index (χ2v) is 5.01. The van der Waals surface area contributed by atoms with Crippen LogP contribution in [0, 0.1) is 13.8 Å². The van der Waals surface area contributed by atoms with Gasteiger partial charge < -0.3 is 15.4 Å². The molecule has 0 aliphatic carbocycles. The lowest BCUT2D eigenvalue weighted by Crippen LogP contribution is -2.20. The number of rotatable bonds is 3. The van der Waals surface area contributed by atoms with Crippen LogP contribution >= 0.6 is 12.2 Å². The van der Waals surface area contributed by atoms with E-state index in [0.29, 0.717) is 5.11 Å². The van der Waals surface area contributed by atoms with Gasteiger partial charge in [0.25, 0.3) is 0 Å². The molecule has 0 saturated carbocycles. The number of ether oxygens (including phenoxy) is 1. The van der Waals surface area contributed by atoms with E-state index in [9.17, 15) is 0 Å². The maximum Gasteiger partial charge on any atom is 0.175 e. The van der Waals surface area contributed by atoms with Gasteiger partial charge in [0.05, 0.1) is 12.8 Å². The van der Waals surface area contributed by atoms with Crippen molar-refractivity contribution in [3.63, 3.8) is 0 Å². The second kappa shape index (κ2) is 6.39. The number of aryl methyl sites for hydroxylation is 2. The highest BCUT2D eigenvalue weighted by Gasteiger charge is 2.05. The normalized spacial score (nSPS) is 9.95. The minimum atomic E-state index is 0.543. The van der Waals surface area contributed by atoms with Crippen molar-refractivity contribution in [3.05, 3.63) is 53.6 Å². The second-order valence-electron chi connectivity index (χ2n) is 4.60. The van der Waals surface area contributed by atoms with Gasteiger partial charge in [-0.15, -0.1) is 0 Å². The molecule has 0 atom stereocenters. The maximum absolute atomic E-state index is 5.34. The Morgan fingerprint density at radius 2 is 1.70 bits per heavy atom. The van der Waals surface area contributed by atoms with E-state index in [2.05, 4.69) is 36.6 Å². The monoisotopic (exact) mass is 286 g/mol. The largest absolute Gasteiger partial charge is 0.495 e. The molecule has 0 unspecified atom stereocenters. The van der Waals surface area contributed by atoms with Crippen LogP contribution in [0.4, 0.5) is 11.4 Å². The molecule has 2 N–H and O–H groups in total. The van der Waals surface area contributed by atoms with Crippen molar-refractivity contribution in [2.24, 2.45) is 0 Å². The molecule has 0 aliphatic rings. The molecule has 3 nitrogen and oxygen atoms in total. The molecule has 104 valence electrons. The van der Waals surface area contributed by atoms with Crippen LogP contribution in [0.5, 0.6) is 5.75 Å². The topological polar surface area (TPSA) is 33.3 Å². The summed E-state index contributed by atoms with van der Waals surface area (Å²) in [5.74, 6) is 0.761. The van der Waals surface area contributed by atoms with Gasteiger partial charge in [-0.2, -0.15) is 0 Å². The summed E-state index contributed by atoms with van der Waals surface area (Å²) < 4.78 is 5.29. The molecule has 2 aromatic carbocycles. The first-order valence-electron chi connectivity index (χ1n) is 6.38. The van der Waals surface area contributed by atoms with Gasteiger partial charge in [0.1, 0.15) is 5.75 Å². The Morgan fingerprint density at radius 3 is 2.40 bits per heavy atom. The molecule has 2 rings (SSSR count). The molecule has 0 spiro atoms. The van der Waals surface area contributed by atoms with Gasteiger partial charge in [-0.25, -0.2) is 0 Å². The summed E-state index contributed by atoms with van der Waals surface area (Å²) in [5.41, 5.74) is 4.24. The first kappa shape index (κ1) is 14.3. The van der Waals surface area contributed by atoms with Gasteiger partial charge in [-0.3, -0.25) is 0 Å². The predicted molar refractivity (Wildman–Crippen MR) is 88.8 cm³/mol. The quantitative estimate of drug-likeness (QED) is 0.832. The number of benzene rings is 2. The summed E-state index contributed by atoms with van der Waals surface area (Å²) in [6.45, 7) is 4.13. The lowest BCUT2D eigenvalue weighted by molar-refractivity contribution is 0.417. The van der Waals surface area contributed by atoms with Crippen molar-refractivity contribution >= 4 is 28.7 Å². The van der Waals surface area contributed by atoms with Crippen LogP contribution in [0.25, 0.3) is 0 Å². The van der Waals surface area contributed by atoms with Crippen molar-refractivity contribution in [2.75, 3.05) is 17.7 Å². The van der Waals surface area contributed by atoms with Gasteiger partial charge in [-0.05, 0) is 49.8 Å². The van der Waals surface area contributed by atoms with Crippen LogP contribution in [0.15, 0.2) is 42.5 Å². The Bertz CT molecular complexity index is 626. The number of methoxy groups -OCH3 is 1. The molecule has 2 aromatic rings. The van der Waals surface area contributed by atoms with Crippen molar-refractivity contribution in [1.82, 2.24) is 0 Å². The predicted octanol–water partition coefficient (Wildman–Crippen LogP) is 4.12. The van der Waals surface area contributed by atoms with Crippen LogP contribution < -0.4 is 15.4 Å². The van der Waals surface area contributed by atoms with E-state index in [4.69, 9.17) is 17.0 Å². The van der Waals surface area contributed by atoms with Crippen molar-refractivity contribution in [1.29, 1.82) is 0 Å². The fourth-order valence-corrected chi connectivity index (χ4v) is 2.20. The molecular formula is C16H18N2OS. The average Bonchev–Trinajstić information content (AvgIpc) is 2.42. The molecule has 0 amide bonds. The van der Waals surface area contributed by atoms with Gasteiger partial charge in [-0.1, -0.05) is 29.8 Å². The minimum Gasteiger partial charge on any atom is -0.495 e. The van der Waals surface area contributed by atoms with E-state index in [-0.39, 0.29) is 0 Å². The Kier molecular flexibility index (Phi) is 4.58. The molecule has 0 bridgehead atoms. The third-order valence-electron chi connectivity index (χ3n) is 2.99. The molecule has 0 saturated heterocycles. The lowest BCUT2D eigenvalue weighted by atomic mass is 10.1. The number of para-hydroxylation sites is 2. The van der Waals surface area contributed by atoms with E-state index in [1.807, 2.05) is 30.3 Å². The van der Waals surface area contributed by atoms with E-state index < -0.39 is 0 Å². The zero-order chi connectivity index (χ0) is 14.5. The van der Waals surface area contributed by atoms with E-state index in [0.717, 1.165) is 22.7 Å². The van der Waals surface area contributed by atoms with Gasteiger partial charge in [0.2, 0.25) is 0 Å². The van der Waals surface area contributed by atoms with E-state index in [1.54, 1.807) is 7.11 Å². The zero-order valence-electron chi connectivity index (χ0n) is 11.9. The van der Waals surface area contributed by atoms with Crippen molar-refractivity contribution in [2.45, 2.75) is 13.8 Å². The Labute approximate surface area is 125 Å². The number of nitrogens with one attached hydrogen (secondary N) is 2. The summed E-state index contributed by atoms with van der Waals surface area (Å²) in [5, 5.41) is 6.89. The Hall–Kier alpha value is -2.07. The van der Waals surface area contributed by atoms with Crippen LogP contribution in [0.3, 0.4) is 0 Å². The van der Waals surface area contributed by atoms with Crippen LogP contribution in [0.1, 0.15) is 11.1 Å². The lowest BCUT2D eigenvalue weighted by Gasteiger charge is -2.14. The van der Waals surface area contributed by atoms with Gasteiger partial charge in [0.15, 0.2) is 5.11 Å². The Morgan fingerprint density at radius 1 is 1.00 bits per heavy atom. The molecule has 4 heteroatoms. The third-order valence-corrected chi connectivity index (χ3v) is 3.19. The van der Waals surface area contributed by atoms with Crippen LogP contribution in [-0.2, 0) is 0 Å². The van der Waals surface area contributed by atoms with Crippen LogP contribution in [-0.4, -0.2) is 12.2 Å². The summed E-state index contributed by atoms with van der Waals surface area (Å²) in [6.07, 6.45) is 0. The minimum absolute atomic E-state index is 0.543. The van der Waals surface area contributed by atoms with Gasteiger partial charge in [0, 0.05) is 5.69 Å². The SMILES string of the molecule is COc1ccccc1NC(=S)Nc1ccc(C)cc1C. The highest BCUT2D eigenvalue weighted by atomic mass is 32.1. The van der Waals surface area contributed by atoms with Gasteiger partial charge >= 0.3 is 0 Å². The van der Waals surface area contributed by atoms with Crippen molar-refractivity contribution < 1.29 is 4.74 Å². The number of hydrogen-bond acceptors (Lipinski definition) is 2. The highest BCUT2D eigenvalue weighted by Crippen LogP contribution is 2.23. The van der Waals surface area contributed by atoms with Crippen LogP contribution in [0.2, 0.25) is 0 Å². The number of anilines is 2. The fraction of sp³-hybridized carbons (Fsp3) is 0.188. The maximum atomic E-state index is 5.34. The third kappa shape index (κ3) is 3.48. The Balaban J connectivity index is 2.09. The van der Waals surface area contributed by atoms with E-state index >= 15 is 0 Å². The highest BCUT2D eigenvalue weighted by molar-refractivity contribution is 7.80. The molecular weight excluding hydrogens is 268 g/mol. The molecule has 20 heavy (non-hydrogen) atoms. The standard InChI is InChI=1S/C16H18N2OS/c1-11-8-9-13(12(2)10-11)17-16(20)18-14-6-4-5-7-15(14)19-3/h4-10H,1-3H3,(H2,17,18,20). The summed E-state index contributed by atoms with van der Waals surface area (Å²) in [6, 6.07) is 13.9. The molecule has 0 fully saturated rings. The number of thiocarbonyl (C=S) groups is 1. The molecule has 0 radical (unpaired) electrons. The molecule has 0 aromatic heterocycles. The summed E-state index contributed by atoms with van der Waals surface area (Å²) in [7, 11) is 1.64. The smallest absolute Gasteiger partial charge is 0.175 e. The molecule has 0 aliphatic heterocycles. The summed E-state index contributed by atoms with van der Waals surface area (Å²) in [4.78, 5) is 0. The first-order valence-corrected chi connectivity index (χ1v) is 6.79. The first-order chi connectivity index (χ1) is 9.60. The number of hydrogen-bond donors (Lipinski definition) is 2. The fourth-order valence-electron chi connectivity index (χ4n) is 1.98. The van der Waals surface area contributed by atoms with Crippen molar-refractivity contribution in [3.8, 4) is 5.75 Å². The van der Waals surface area contributed by atoms with E-state index in [1.165, 1.54) is 5.56 Å².